The summed E-state index contributed by atoms with van der Waals surface area (Å²) in [4.78, 5) is 5.07. The van der Waals surface area contributed by atoms with Crippen molar-refractivity contribution in [2.24, 2.45) is 0 Å². The van der Waals surface area contributed by atoms with Crippen LogP contribution in [-0.2, 0) is 12.6 Å². The predicted molar refractivity (Wildman–Crippen MR) is 101 cm³/mol. The summed E-state index contributed by atoms with van der Waals surface area (Å²) in [5.74, 6) is 0. The smallest absolute Gasteiger partial charge is 0.317 e. The number of nitrogens with zero attached hydrogens (tertiary/aromatic N) is 2. The second-order valence-electron chi connectivity index (χ2n) is 8.75. The third-order valence-electron chi connectivity index (χ3n) is 7.04. The maximum atomic E-state index is 13.2. The molecule has 0 radical (unpaired) electrons. The third kappa shape index (κ3) is 3.64. The van der Waals surface area contributed by atoms with E-state index in [4.69, 9.17) is 0 Å². The zero-order valence-electron chi connectivity index (χ0n) is 16.3. The standard InChI is InChI=1S/C21H30F3N3/c1-15-14-26(20(2)7-9-25-10-8-20)11-12-27(15)19-6-4-16-3-5-17(13-18(16)19)21(22,23)24/h3,5,13,15,19,25H,4,6-12,14H2,1-2H3. The van der Waals surface area contributed by atoms with Gasteiger partial charge in [0, 0.05) is 37.3 Å². The van der Waals surface area contributed by atoms with Crippen LogP contribution in [0.1, 0.15) is 55.8 Å². The van der Waals surface area contributed by atoms with Gasteiger partial charge < -0.3 is 5.32 Å². The molecule has 0 amide bonds. The molecule has 0 saturated carbocycles. The van der Waals surface area contributed by atoms with Crippen LogP contribution in [0.15, 0.2) is 18.2 Å². The second-order valence-corrected chi connectivity index (χ2v) is 8.75. The first-order chi connectivity index (χ1) is 12.8. The minimum atomic E-state index is -4.27. The van der Waals surface area contributed by atoms with Gasteiger partial charge in [-0.1, -0.05) is 6.07 Å². The molecule has 2 saturated heterocycles. The highest BCUT2D eigenvalue weighted by atomic mass is 19.4. The number of hydrogen-bond acceptors (Lipinski definition) is 3. The number of piperazine rings is 1. The summed E-state index contributed by atoms with van der Waals surface area (Å²) < 4.78 is 39.5. The molecule has 2 fully saturated rings. The molecule has 2 aliphatic heterocycles. The van der Waals surface area contributed by atoms with Crippen LogP contribution < -0.4 is 5.32 Å². The van der Waals surface area contributed by atoms with Crippen molar-refractivity contribution in [3.63, 3.8) is 0 Å². The quantitative estimate of drug-likeness (QED) is 0.840. The Kier molecular flexibility index (Phi) is 5.02. The minimum absolute atomic E-state index is 0.125. The summed E-state index contributed by atoms with van der Waals surface area (Å²) in [5.41, 5.74) is 1.73. The van der Waals surface area contributed by atoms with E-state index in [1.54, 1.807) is 6.07 Å². The van der Waals surface area contributed by atoms with Crippen LogP contribution in [0.2, 0.25) is 0 Å². The number of halogens is 3. The van der Waals surface area contributed by atoms with Crippen LogP contribution in [0.25, 0.3) is 0 Å². The number of aryl methyl sites for hydroxylation is 1. The first-order valence-corrected chi connectivity index (χ1v) is 10.2. The molecule has 0 bridgehead atoms. The van der Waals surface area contributed by atoms with Gasteiger partial charge in [-0.2, -0.15) is 13.2 Å². The van der Waals surface area contributed by atoms with E-state index < -0.39 is 11.7 Å². The predicted octanol–water partition coefficient (Wildman–Crippen LogP) is 3.84. The average Bonchev–Trinajstić information content (AvgIpc) is 3.04. The Morgan fingerprint density at radius 3 is 2.56 bits per heavy atom. The Morgan fingerprint density at radius 2 is 1.89 bits per heavy atom. The molecular weight excluding hydrogens is 351 g/mol. The molecule has 2 heterocycles. The molecular formula is C21H30F3N3. The molecule has 27 heavy (non-hydrogen) atoms. The van der Waals surface area contributed by atoms with Crippen molar-refractivity contribution < 1.29 is 13.2 Å². The number of rotatable bonds is 2. The molecule has 4 rings (SSSR count). The molecule has 1 aromatic carbocycles. The Morgan fingerprint density at radius 1 is 1.15 bits per heavy atom. The minimum Gasteiger partial charge on any atom is -0.317 e. The van der Waals surface area contributed by atoms with Gasteiger partial charge in [-0.3, -0.25) is 9.80 Å². The van der Waals surface area contributed by atoms with Crippen molar-refractivity contribution in [1.82, 2.24) is 15.1 Å². The molecule has 3 nitrogen and oxygen atoms in total. The summed E-state index contributed by atoms with van der Waals surface area (Å²) in [5, 5.41) is 3.44. The Balaban J connectivity index is 1.50. The molecule has 2 unspecified atom stereocenters. The lowest BCUT2D eigenvalue weighted by atomic mass is 9.87. The lowest BCUT2D eigenvalue weighted by molar-refractivity contribution is -0.137. The van der Waals surface area contributed by atoms with Crippen molar-refractivity contribution in [1.29, 1.82) is 0 Å². The fourth-order valence-corrected chi connectivity index (χ4v) is 5.31. The van der Waals surface area contributed by atoms with Gasteiger partial charge >= 0.3 is 6.18 Å². The highest BCUT2D eigenvalue weighted by Crippen LogP contribution is 2.41. The average molecular weight is 381 g/mol. The number of piperidine rings is 1. The van der Waals surface area contributed by atoms with Crippen LogP contribution in [0.3, 0.4) is 0 Å². The van der Waals surface area contributed by atoms with Crippen LogP contribution in [0.4, 0.5) is 13.2 Å². The van der Waals surface area contributed by atoms with E-state index in [9.17, 15) is 13.2 Å². The van der Waals surface area contributed by atoms with Crippen LogP contribution in [-0.4, -0.2) is 54.1 Å². The summed E-state index contributed by atoms with van der Waals surface area (Å²) in [6.07, 6.45) is -0.116. The molecule has 1 aromatic rings. The van der Waals surface area contributed by atoms with Gasteiger partial charge in [0.05, 0.1) is 5.56 Å². The van der Waals surface area contributed by atoms with Crippen molar-refractivity contribution in [2.45, 2.75) is 63.3 Å². The molecule has 150 valence electrons. The maximum Gasteiger partial charge on any atom is 0.416 e. The monoisotopic (exact) mass is 381 g/mol. The number of alkyl halides is 3. The highest BCUT2D eigenvalue weighted by Gasteiger charge is 2.41. The number of fused-ring (bicyclic) bond motifs is 1. The van der Waals surface area contributed by atoms with Crippen LogP contribution in [0, 0.1) is 0 Å². The van der Waals surface area contributed by atoms with Crippen LogP contribution in [0.5, 0.6) is 0 Å². The molecule has 3 aliphatic rings. The van der Waals surface area contributed by atoms with Gasteiger partial charge in [0.15, 0.2) is 0 Å². The summed E-state index contributed by atoms with van der Waals surface area (Å²) >= 11 is 0. The van der Waals surface area contributed by atoms with Crippen molar-refractivity contribution in [3.05, 3.63) is 34.9 Å². The van der Waals surface area contributed by atoms with Gasteiger partial charge in [-0.15, -0.1) is 0 Å². The molecule has 0 spiro atoms. The number of benzene rings is 1. The second kappa shape index (κ2) is 7.05. The van der Waals surface area contributed by atoms with E-state index in [1.807, 2.05) is 0 Å². The van der Waals surface area contributed by atoms with E-state index in [0.29, 0.717) is 6.04 Å². The summed E-state index contributed by atoms with van der Waals surface area (Å²) in [6, 6.07) is 4.81. The van der Waals surface area contributed by atoms with E-state index in [2.05, 4.69) is 29.0 Å². The lowest BCUT2D eigenvalue weighted by Gasteiger charge is -2.51. The normalized spacial score (nSPS) is 29.7. The maximum absolute atomic E-state index is 13.2. The summed E-state index contributed by atoms with van der Waals surface area (Å²) in [6.45, 7) is 9.69. The van der Waals surface area contributed by atoms with Gasteiger partial charge in [0.1, 0.15) is 0 Å². The SMILES string of the molecule is CC1CN(C2(C)CCNCC2)CCN1C1CCc2ccc(C(F)(F)F)cc21. The topological polar surface area (TPSA) is 18.5 Å². The molecule has 1 aliphatic carbocycles. The highest BCUT2D eigenvalue weighted by molar-refractivity contribution is 5.39. The molecule has 2 atom stereocenters. The van der Waals surface area contributed by atoms with Crippen molar-refractivity contribution in [2.75, 3.05) is 32.7 Å². The number of nitrogens with one attached hydrogen (secondary N) is 1. The first kappa shape index (κ1) is 19.2. The fourth-order valence-electron chi connectivity index (χ4n) is 5.31. The summed E-state index contributed by atoms with van der Waals surface area (Å²) in [7, 11) is 0. The van der Waals surface area contributed by atoms with Gasteiger partial charge in [0.25, 0.3) is 0 Å². The lowest BCUT2D eigenvalue weighted by Crippen LogP contribution is -2.61. The van der Waals surface area contributed by atoms with Crippen molar-refractivity contribution >= 4 is 0 Å². The Hall–Kier alpha value is -1.11. The molecule has 0 aromatic heterocycles. The largest absolute Gasteiger partial charge is 0.416 e. The first-order valence-electron chi connectivity index (χ1n) is 10.2. The van der Waals surface area contributed by atoms with E-state index >= 15 is 0 Å². The zero-order chi connectivity index (χ0) is 19.2. The van der Waals surface area contributed by atoms with E-state index in [0.717, 1.165) is 56.7 Å². The van der Waals surface area contributed by atoms with Crippen LogP contribution >= 0.6 is 0 Å². The zero-order valence-corrected chi connectivity index (χ0v) is 16.3. The van der Waals surface area contributed by atoms with Gasteiger partial charge in [-0.25, -0.2) is 0 Å². The Bertz CT molecular complexity index is 682. The van der Waals surface area contributed by atoms with E-state index in [-0.39, 0.29) is 11.6 Å². The molecule has 6 heteroatoms. The Labute approximate surface area is 159 Å². The number of hydrogen-bond donors (Lipinski definition) is 1. The van der Waals surface area contributed by atoms with E-state index in [1.165, 1.54) is 25.0 Å². The van der Waals surface area contributed by atoms with Gasteiger partial charge in [-0.05, 0) is 75.9 Å². The fraction of sp³-hybridized carbons (Fsp3) is 0.714. The van der Waals surface area contributed by atoms with Crippen molar-refractivity contribution in [3.8, 4) is 0 Å². The van der Waals surface area contributed by atoms with Gasteiger partial charge in [0.2, 0.25) is 0 Å². The third-order valence-corrected chi connectivity index (χ3v) is 7.04. The molecule has 1 N–H and O–H groups in total.